The Balaban J connectivity index is 0.00000432. The van der Waals surface area contributed by atoms with Gasteiger partial charge in [-0.25, -0.2) is 0 Å². The van der Waals surface area contributed by atoms with Gasteiger partial charge in [0.1, 0.15) is 22.9 Å². The van der Waals surface area contributed by atoms with E-state index < -0.39 is 0 Å². The van der Waals surface area contributed by atoms with E-state index in [0.717, 1.165) is 31.3 Å². The SMILES string of the molecule is C.CC(C)=CCC/C(C)=C/CC/C(C)=C/CN1C(=O)c2cccc(O)c2Nc2c(O)cc(O)cc21. The van der Waals surface area contributed by atoms with Crippen LogP contribution in [0.1, 0.15) is 71.2 Å². The second-order valence-electron chi connectivity index (χ2n) is 9.06. The van der Waals surface area contributed by atoms with E-state index in [0.29, 0.717) is 5.69 Å². The molecular formula is C29H38N2O4. The molecule has 188 valence electrons. The molecule has 4 N–H and O–H groups in total. The number of nitrogens with one attached hydrogen (secondary N) is 1. The first-order valence-corrected chi connectivity index (χ1v) is 11.6. The minimum absolute atomic E-state index is 0. The molecule has 0 saturated carbocycles. The second kappa shape index (κ2) is 12.2. The van der Waals surface area contributed by atoms with E-state index in [-0.39, 0.29) is 54.1 Å². The van der Waals surface area contributed by atoms with Crippen molar-refractivity contribution in [2.75, 3.05) is 16.8 Å². The molecular weight excluding hydrogens is 440 g/mol. The molecule has 35 heavy (non-hydrogen) atoms. The van der Waals surface area contributed by atoms with Crippen LogP contribution < -0.4 is 10.2 Å². The van der Waals surface area contributed by atoms with E-state index in [2.05, 4.69) is 38.2 Å². The third-order valence-electron chi connectivity index (χ3n) is 5.89. The Kier molecular flexibility index (Phi) is 9.58. The predicted octanol–water partition coefficient (Wildman–Crippen LogP) is 7.56. The van der Waals surface area contributed by atoms with Crippen molar-refractivity contribution < 1.29 is 20.1 Å². The summed E-state index contributed by atoms with van der Waals surface area (Å²) in [5.41, 5.74) is 4.97. The Labute approximate surface area is 208 Å². The van der Waals surface area contributed by atoms with Crippen LogP contribution in [0.25, 0.3) is 0 Å². The number of hydrogen-bond acceptors (Lipinski definition) is 5. The molecule has 1 amide bonds. The van der Waals surface area contributed by atoms with Gasteiger partial charge in [0, 0.05) is 18.7 Å². The Bertz CT molecular complexity index is 1160. The topological polar surface area (TPSA) is 93.0 Å². The molecule has 0 bridgehead atoms. The summed E-state index contributed by atoms with van der Waals surface area (Å²) in [4.78, 5) is 14.9. The maximum Gasteiger partial charge on any atom is 0.260 e. The Hall–Kier alpha value is -3.67. The number of phenols is 3. The highest BCUT2D eigenvalue weighted by atomic mass is 16.3. The molecule has 0 spiro atoms. The smallest absolute Gasteiger partial charge is 0.260 e. The molecule has 1 heterocycles. The van der Waals surface area contributed by atoms with E-state index in [1.54, 1.807) is 12.1 Å². The molecule has 2 aromatic carbocycles. The number of allylic oxidation sites excluding steroid dienone is 5. The van der Waals surface area contributed by atoms with Crippen molar-refractivity contribution in [1.82, 2.24) is 0 Å². The van der Waals surface area contributed by atoms with Crippen LogP contribution in [0.15, 0.2) is 65.3 Å². The summed E-state index contributed by atoms with van der Waals surface area (Å²) in [7, 11) is 0. The van der Waals surface area contributed by atoms with Gasteiger partial charge in [-0.2, -0.15) is 0 Å². The average Bonchev–Trinajstić information content (AvgIpc) is 2.87. The first-order valence-electron chi connectivity index (χ1n) is 11.6. The largest absolute Gasteiger partial charge is 0.508 e. The number of aromatic hydroxyl groups is 3. The van der Waals surface area contributed by atoms with Crippen molar-refractivity contribution >= 4 is 23.0 Å². The molecule has 3 rings (SSSR count). The zero-order chi connectivity index (χ0) is 24.8. The number of amides is 1. The number of fused-ring (bicyclic) bond motifs is 2. The van der Waals surface area contributed by atoms with Gasteiger partial charge in [-0.05, 0) is 65.5 Å². The molecule has 6 heteroatoms. The van der Waals surface area contributed by atoms with E-state index in [1.807, 2.05) is 13.0 Å². The van der Waals surface area contributed by atoms with Gasteiger partial charge in [-0.1, -0.05) is 48.4 Å². The Morgan fingerprint density at radius 1 is 0.886 bits per heavy atom. The molecule has 2 aromatic rings. The number of rotatable bonds is 8. The quantitative estimate of drug-likeness (QED) is 0.178. The average molecular weight is 479 g/mol. The lowest BCUT2D eigenvalue weighted by atomic mass is 10.1. The minimum Gasteiger partial charge on any atom is -0.508 e. The molecule has 0 radical (unpaired) electrons. The number of carbonyl (C=O) groups excluding carboxylic acids is 1. The van der Waals surface area contributed by atoms with Crippen molar-refractivity contribution in [2.24, 2.45) is 0 Å². The van der Waals surface area contributed by atoms with E-state index in [4.69, 9.17) is 0 Å². The summed E-state index contributed by atoms with van der Waals surface area (Å²) < 4.78 is 0. The summed E-state index contributed by atoms with van der Waals surface area (Å²) in [5.74, 6) is -0.787. The van der Waals surface area contributed by atoms with Crippen LogP contribution in [0.3, 0.4) is 0 Å². The summed E-state index contributed by atoms with van der Waals surface area (Å²) in [6.45, 7) is 8.68. The lowest BCUT2D eigenvalue weighted by Gasteiger charge is -2.22. The molecule has 0 atom stereocenters. The molecule has 1 aliphatic rings. The second-order valence-corrected chi connectivity index (χ2v) is 9.06. The molecule has 0 aliphatic carbocycles. The standard InChI is InChI=1S/C28H34N2O4.CH4/c1-18(2)8-5-9-19(3)10-6-11-20(4)14-15-30-23-16-21(31)17-25(33)27(23)29-26-22(28(30)34)12-7-13-24(26)32;/h7-8,10,12-14,16-17,29,31-33H,5-6,9,11,15H2,1-4H3;1H4/b19-10+,20-14+;. The van der Waals surface area contributed by atoms with Crippen molar-refractivity contribution in [1.29, 1.82) is 0 Å². The van der Waals surface area contributed by atoms with Crippen LogP contribution in [0, 0.1) is 0 Å². The maximum absolute atomic E-state index is 13.4. The fourth-order valence-corrected chi connectivity index (χ4v) is 3.94. The van der Waals surface area contributed by atoms with Crippen molar-refractivity contribution in [3.63, 3.8) is 0 Å². The number of anilines is 3. The summed E-state index contributed by atoms with van der Waals surface area (Å²) >= 11 is 0. The number of phenolic OH excluding ortho intramolecular Hbond substituents is 3. The maximum atomic E-state index is 13.4. The normalized spacial score (nSPS) is 13.3. The van der Waals surface area contributed by atoms with E-state index in [9.17, 15) is 20.1 Å². The zero-order valence-electron chi connectivity index (χ0n) is 20.4. The predicted molar refractivity (Wildman–Crippen MR) is 145 cm³/mol. The highest BCUT2D eigenvalue weighted by Gasteiger charge is 2.29. The van der Waals surface area contributed by atoms with Crippen LogP contribution in [-0.2, 0) is 0 Å². The van der Waals surface area contributed by atoms with Crippen LogP contribution in [-0.4, -0.2) is 27.8 Å². The highest BCUT2D eigenvalue weighted by Crippen LogP contribution is 2.45. The number of nitrogens with zero attached hydrogens (tertiary/aromatic N) is 1. The first-order chi connectivity index (χ1) is 16.2. The molecule has 0 unspecified atom stereocenters. The molecule has 1 aliphatic heterocycles. The van der Waals surface area contributed by atoms with Gasteiger partial charge in [-0.15, -0.1) is 0 Å². The van der Waals surface area contributed by atoms with Gasteiger partial charge in [0.2, 0.25) is 0 Å². The first kappa shape index (κ1) is 27.6. The molecule has 0 saturated heterocycles. The summed E-state index contributed by atoms with van der Waals surface area (Å²) in [6.07, 6.45) is 10.4. The zero-order valence-corrected chi connectivity index (χ0v) is 20.4. The van der Waals surface area contributed by atoms with Gasteiger partial charge in [0.25, 0.3) is 5.91 Å². The third-order valence-corrected chi connectivity index (χ3v) is 5.89. The number of para-hydroxylation sites is 1. The van der Waals surface area contributed by atoms with Crippen LogP contribution in [0.5, 0.6) is 17.2 Å². The van der Waals surface area contributed by atoms with Crippen LogP contribution in [0.2, 0.25) is 0 Å². The van der Waals surface area contributed by atoms with Gasteiger partial charge >= 0.3 is 0 Å². The molecule has 6 nitrogen and oxygen atoms in total. The Morgan fingerprint density at radius 2 is 1.54 bits per heavy atom. The van der Waals surface area contributed by atoms with Gasteiger partial charge < -0.3 is 25.5 Å². The van der Waals surface area contributed by atoms with E-state index >= 15 is 0 Å². The van der Waals surface area contributed by atoms with E-state index in [1.165, 1.54) is 34.2 Å². The summed E-state index contributed by atoms with van der Waals surface area (Å²) in [6, 6.07) is 7.34. The Morgan fingerprint density at radius 3 is 2.23 bits per heavy atom. The summed E-state index contributed by atoms with van der Waals surface area (Å²) in [5, 5.41) is 33.8. The number of hydrogen-bond donors (Lipinski definition) is 4. The lowest BCUT2D eigenvalue weighted by molar-refractivity contribution is 0.0991. The molecule has 0 fully saturated rings. The van der Waals surface area contributed by atoms with Crippen LogP contribution >= 0.6 is 0 Å². The van der Waals surface area contributed by atoms with Gasteiger partial charge in [-0.3, -0.25) is 4.79 Å². The minimum atomic E-state index is -0.332. The highest BCUT2D eigenvalue weighted by molar-refractivity contribution is 6.15. The fourth-order valence-electron chi connectivity index (χ4n) is 3.94. The van der Waals surface area contributed by atoms with Crippen molar-refractivity contribution in [3.8, 4) is 17.2 Å². The molecule has 0 aromatic heterocycles. The third kappa shape index (κ3) is 6.92. The van der Waals surface area contributed by atoms with Gasteiger partial charge in [0.05, 0.1) is 16.9 Å². The van der Waals surface area contributed by atoms with Crippen molar-refractivity contribution in [2.45, 2.75) is 60.8 Å². The van der Waals surface area contributed by atoms with Gasteiger partial charge in [0.15, 0.2) is 0 Å². The monoisotopic (exact) mass is 478 g/mol. The van der Waals surface area contributed by atoms with Crippen LogP contribution in [0.4, 0.5) is 17.1 Å². The van der Waals surface area contributed by atoms with Crippen molar-refractivity contribution in [3.05, 3.63) is 70.8 Å². The fraction of sp³-hybridized carbons (Fsp3) is 0.345. The number of benzene rings is 2. The number of carbonyl (C=O) groups is 1. The lowest BCUT2D eigenvalue weighted by Crippen LogP contribution is -2.30.